The number of nitrogens with one attached hydrogen (secondary N) is 1. The Morgan fingerprint density at radius 3 is 2.52 bits per heavy atom. The van der Waals surface area contributed by atoms with Crippen LogP contribution in [0, 0.1) is 11.8 Å². The van der Waals surface area contributed by atoms with Gasteiger partial charge in [0.2, 0.25) is 0 Å². The summed E-state index contributed by atoms with van der Waals surface area (Å²) >= 11 is 6.22. The molecule has 1 N–H and O–H groups in total. The maximum Gasteiger partial charge on any atom is 0.142 e. The van der Waals surface area contributed by atoms with Crippen LogP contribution in [0.4, 0.5) is 5.69 Å². The van der Waals surface area contributed by atoms with Gasteiger partial charge in [-0.1, -0.05) is 39.3 Å². The number of nitrogens with zero attached hydrogens (tertiary/aromatic N) is 1. The highest BCUT2D eigenvalue weighted by atomic mass is 35.5. The first-order valence-electron chi connectivity index (χ1n) is 7.77. The third-order valence-electron chi connectivity index (χ3n) is 4.41. The largest absolute Gasteiger partial charge is 0.495 e. The Labute approximate surface area is 133 Å². The molecule has 0 radical (unpaired) electrons. The zero-order chi connectivity index (χ0) is 15.6. The minimum absolute atomic E-state index is 0.451. The standard InChI is InChI=1S/C17H27ClN2O/c1-11(2)14-10-20(16(9-19-14)12(3)4)15-8-13(18)6-7-17(15)21-5/h6-8,11-12,14,16,19H,9-10H2,1-5H3. The van der Waals surface area contributed by atoms with Gasteiger partial charge >= 0.3 is 0 Å². The van der Waals surface area contributed by atoms with Crippen molar-refractivity contribution < 1.29 is 4.74 Å². The third-order valence-corrected chi connectivity index (χ3v) is 4.64. The van der Waals surface area contributed by atoms with Crippen LogP contribution in [0.25, 0.3) is 0 Å². The number of hydrogen-bond acceptors (Lipinski definition) is 3. The van der Waals surface area contributed by atoms with Crippen LogP contribution >= 0.6 is 11.6 Å². The van der Waals surface area contributed by atoms with E-state index in [4.69, 9.17) is 16.3 Å². The summed E-state index contributed by atoms with van der Waals surface area (Å²) in [6.45, 7) is 11.0. The summed E-state index contributed by atoms with van der Waals surface area (Å²) in [6.07, 6.45) is 0. The van der Waals surface area contributed by atoms with Gasteiger partial charge in [0.05, 0.1) is 12.8 Å². The molecule has 0 spiro atoms. The minimum atomic E-state index is 0.451. The van der Waals surface area contributed by atoms with Gasteiger partial charge in [0.15, 0.2) is 0 Å². The van der Waals surface area contributed by atoms with Crippen molar-refractivity contribution >= 4 is 17.3 Å². The fraction of sp³-hybridized carbons (Fsp3) is 0.647. The highest BCUT2D eigenvalue weighted by molar-refractivity contribution is 6.30. The van der Waals surface area contributed by atoms with Crippen molar-refractivity contribution in [3.05, 3.63) is 23.2 Å². The second kappa shape index (κ2) is 6.89. The Kier molecular flexibility index (Phi) is 5.39. The molecule has 21 heavy (non-hydrogen) atoms. The van der Waals surface area contributed by atoms with E-state index in [1.165, 1.54) is 0 Å². The van der Waals surface area contributed by atoms with E-state index in [0.29, 0.717) is 23.9 Å². The van der Waals surface area contributed by atoms with Crippen LogP contribution < -0.4 is 15.0 Å². The lowest BCUT2D eigenvalue weighted by molar-refractivity contribution is 0.293. The number of halogens is 1. The number of methoxy groups -OCH3 is 1. The van der Waals surface area contributed by atoms with Crippen LogP contribution in [0.15, 0.2) is 18.2 Å². The highest BCUT2D eigenvalue weighted by Gasteiger charge is 2.32. The normalized spacial score (nSPS) is 23.0. The van der Waals surface area contributed by atoms with E-state index in [1.807, 2.05) is 18.2 Å². The average molecular weight is 311 g/mol. The predicted octanol–water partition coefficient (Wildman–Crippen LogP) is 3.81. The molecule has 118 valence electrons. The van der Waals surface area contributed by atoms with Gasteiger partial charge in [-0.2, -0.15) is 0 Å². The topological polar surface area (TPSA) is 24.5 Å². The lowest BCUT2D eigenvalue weighted by atomic mass is 9.93. The van der Waals surface area contributed by atoms with E-state index < -0.39 is 0 Å². The Morgan fingerprint density at radius 2 is 1.95 bits per heavy atom. The molecule has 3 nitrogen and oxygen atoms in total. The molecule has 1 aliphatic heterocycles. The number of rotatable bonds is 4. The molecule has 2 rings (SSSR count). The lowest BCUT2D eigenvalue weighted by Crippen LogP contribution is -2.60. The molecule has 1 aromatic carbocycles. The Morgan fingerprint density at radius 1 is 1.24 bits per heavy atom. The molecular weight excluding hydrogens is 284 g/mol. The monoisotopic (exact) mass is 310 g/mol. The third kappa shape index (κ3) is 3.64. The summed E-state index contributed by atoms with van der Waals surface area (Å²) in [6, 6.07) is 6.81. The van der Waals surface area contributed by atoms with Crippen molar-refractivity contribution in [3.63, 3.8) is 0 Å². The second-order valence-corrected chi connectivity index (χ2v) is 6.98. The molecule has 4 heteroatoms. The fourth-order valence-corrected chi connectivity index (χ4v) is 3.17. The summed E-state index contributed by atoms with van der Waals surface area (Å²) in [7, 11) is 1.72. The summed E-state index contributed by atoms with van der Waals surface area (Å²) in [4.78, 5) is 2.47. The number of hydrogen-bond donors (Lipinski definition) is 1. The first kappa shape index (κ1) is 16.4. The Balaban J connectivity index is 2.37. The molecule has 1 fully saturated rings. The average Bonchev–Trinajstić information content (AvgIpc) is 2.46. The lowest BCUT2D eigenvalue weighted by Gasteiger charge is -2.45. The van der Waals surface area contributed by atoms with Crippen molar-refractivity contribution in [2.24, 2.45) is 11.8 Å². The predicted molar refractivity (Wildman–Crippen MR) is 90.6 cm³/mol. The molecule has 1 aliphatic rings. The summed E-state index contributed by atoms with van der Waals surface area (Å²) < 4.78 is 5.56. The van der Waals surface area contributed by atoms with Crippen LogP contribution in [0.1, 0.15) is 27.7 Å². The van der Waals surface area contributed by atoms with Gasteiger partial charge in [-0.25, -0.2) is 0 Å². The summed E-state index contributed by atoms with van der Waals surface area (Å²) in [5, 5.41) is 4.44. The zero-order valence-corrected chi connectivity index (χ0v) is 14.4. The van der Waals surface area contributed by atoms with E-state index in [2.05, 4.69) is 37.9 Å². The number of anilines is 1. The number of piperazine rings is 1. The Bertz CT molecular complexity index is 476. The SMILES string of the molecule is COc1ccc(Cl)cc1N1CC(C(C)C)NCC1C(C)C. The van der Waals surface area contributed by atoms with Gasteiger partial charge in [0.25, 0.3) is 0 Å². The molecule has 1 heterocycles. The van der Waals surface area contributed by atoms with Crippen molar-refractivity contribution in [1.82, 2.24) is 5.32 Å². The van der Waals surface area contributed by atoms with Gasteiger partial charge < -0.3 is 15.0 Å². The van der Waals surface area contributed by atoms with Gasteiger partial charge in [0.1, 0.15) is 5.75 Å². The van der Waals surface area contributed by atoms with E-state index in [9.17, 15) is 0 Å². The van der Waals surface area contributed by atoms with Crippen molar-refractivity contribution in [1.29, 1.82) is 0 Å². The van der Waals surface area contributed by atoms with Crippen LogP contribution in [0.5, 0.6) is 5.75 Å². The molecule has 0 amide bonds. The maximum atomic E-state index is 6.22. The first-order valence-corrected chi connectivity index (χ1v) is 8.15. The van der Waals surface area contributed by atoms with E-state index >= 15 is 0 Å². The van der Waals surface area contributed by atoms with Gasteiger partial charge in [-0.05, 0) is 30.0 Å². The van der Waals surface area contributed by atoms with Gasteiger partial charge in [0, 0.05) is 30.2 Å². The molecule has 1 saturated heterocycles. The maximum absolute atomic E-state index is 6.22. The molecule has 0 aromatic heterocycles. The smallest absolute Gasteiger partial charge is 0.142 e. The highest BCUT2D eigenvalue weighted by Crippen LogP contribution is 2.35. The van der Waals surface area contributed by atoms with E-state index in [1.54, 1.807) is 7.11 Å². The van der Waals surface area contributed by atoms with Crippen molar-refractivity contribution in [3.8, 4) is 5.75 Å². The first-order chi connectivity index (χ1) is 9.93. The quantitative estimate of drug-likeness (QED) is 0.915. The van der Waals surface area contributed by atoms with Crippen LogP contribution in [-0.4, -0.2) is 32.3 Å². The fourth-order valence-electron chi connectivity index (χ4n) is 3.00. The van der Waals surface area contributed by atoms with Crippen LogP contribution in [-0.2, 0) is 0 Å². The number of ether oxygens (including phenoxy) is 1. The molecular formula is C17H27ClN2O. The van der Waals surface area contributed by atoms with Crippen molar-refractivity contribution in [2.75, 3.05) is 25.1 Å². The van der Waals surface area contributed by atoms with Crippen LogP contribution in [0.2, 0.25) is 5.02 Å². The second-order valence-electron chi connectivity index (χ2n) is 6.54. The minimum Gasteiger partial charge on any atom is -0.495 e. The molecule has 2 atom stereocenters. The van der Waals surface area contributed by atoms with Crippen LogP contribution in [0.3, 0.4) is 0 Å². The van der Waals surface area contributed by atoms with Crippen molar-refractivity contribution in [2.45, 2.75) is 39.8 Å². The summed E-state index contributed by atoms with van der Waals surface area (Å²) in [5.41, 5.74) is 1.11. The molecule has 0 saturated carbocycles. The molecule has 2 unspecified atom stereocenters. The molecule has 1 aromatic rings. The zero-order valence-electron chi connectivity index (χ0n) is 13.7. The molecule has 0 bridgehead atoms. The van der Waals surface area contributed by atoms with E-state index in [0.717, 1.165) is 29.5 Å². The van der Waals surface area contributed by atoms with Gasteiger partial charge in [-0.3, -0.25) is 0 Å². The summed E-state index contributed by atoms with van der Waals surface area (Å²) in [5.74, 6) is 2.06. The molecule has 0 aliphatic carbocycles. The Hall–Kier alpha value is -0.930. The van der Waals surface area contributed by atoms with Gasteiger partial charge in [-0.15, -0.1) is 0 Å². The number of benzene rings is 1. The van der Waals surface area contributed by atoms with E-state index in [-0.39, 0.29) is 0 Å².